The quantitative estimate of drug-likeness (QED) is 0.677. The minimum Gasteiger partial charge on any atom is -0.330 e. The Morgan fingerprint density at radius 3 is 2.95 bits per heavy atom. The number of nitro benzene ring substituents is 1. The summed E-state index contributed by atoms with van der Waals surface area (Å²) in [5, 5.41) is 11.5. The van der Waals surface area contributed by atoms with Gasteiger partial charge in [-0.15, -0.1) is 0 Å². The third kappa shape index (κ3) is 3.34. The number of nitrogens with zero attached hydrogens (tertiary/aromatic N) is 3. The van der Waals surface area contributed by atoms with Gasteiger partial charge in [0.05, 0.1) is 17.0 Å². The van der Waals surface area contributed by atoms with Gasteiger partial charge in [0.1, 0.15) is 5.82 Å². The normalized spacial score (nSPS) is 12.3. The molecule has 0 saturated carbocycles. The van der Waals surface area contributed by atoms with E-state index in [9.17, 15) is 10.1 Å². The highest BCUT2D eigenvalue weighted by Crippen LogP contribution is 2.24. The van der Waals surface area contributed by atoms with Crippen LogP contribution in [0.25, 0.3) is 0 Å². The molecule has 2 N–H and O–H groups in total. The first kappa shape index (κ1) is 14.5. The maximum absolute atomic E-state index is 11.0. The molecule has 1 heterocycles. The van der Waals surface area contributed by atoms with E-state index in [0.717, 1.165) is 5.82 Å². The zero-order valence-electron chi connectivity index (χ0n) is 11.0. The summed E-state index contributed by atoms with van der Waals surface area (Å²) in [6.45, 7) is 2.24. The number of halogens is 1. The monoisotopic (exact) mass is 294 g/mol. The molecule has 2 rings (SSSR count). The van der Waals surface area contributed by atoms with Crippen LogP contribution in [-0.2, 0) is 13.0 Å². The van der Waals surface area contributed by atoms with Crippen molar-refractivity contribution in [3.8, 4) is 0 Å². The van der Waals surface area contributed by atoms with Crippen LogP contribution in [0.2, 0.25) is 5.02 Å². The molecule has 106 valence electrons. The number of nitro groups is 1. The van der Waals surface area contributed by atoms with Crippen LogP contribution in [0.5, 0.6) is 0 Å². The Morgan fingerprint density at radius 1 is 1.55 bits per heavy atom. The number of benzene rings is 1. The van der Waals surface area contributed by atoms with Gasteiger partial charge >= 0.3 is 0 Å². The predicted octanol–water partition coefficient (Wildman–Crippen LogP) is 2.38. The fraction of sp³-hybridized carbons (Fsp3) is 0.308. The van der Waals surface area contributed by atoms with E-state index in [4.69, 9.17) is 17.3 Å². The molecule has 20 heavy (non-hydrogen) atoms. The van der Waals surface area contributed by atoms with Crippen molar-refractivity contribution >= 4 is 17.3 Å². The van der Waals surface area contributed by atoms with Crippen molar-refractivity contribution < 1.29 is 4.92 Å². The van der Waals surface area contributed by atoms with Gasteiger partial charge < -0.3 is 10.3 Å². The molecule has 0 aliphatic carbocycles. The lowest BCUT2D eigenvalue weighted by atomic mass is 10.1. The summed E-state index contributed by atoms with van der Waals surface area (Å²) < 4.78 is 1.85. The van der Waals surface area contributed by atoms with Crippen molar-refractivity contribution in [1.82, 2.24) is 9.55 Å². The van der Waals surface area contributed by atoms with Crippen molar-refractivity contribution in [3.05, 3.63) is 57.1 Å². The molecule has 0 bridgehead atoms. The molecule has 1 aromatic heterocycles. The number of hydrogen-bond acceptors (Lipinski definition) is 4. The zero-order valence-corrected chi connectivity index (χ0v) is 11.7. The fourth-order valence-electron chi connectivity index (χ4n) is 2.00. The summed E-state index contributed by atoms with van der Waals surface area (Å²) in [5.41, 5.74) is 6.36. The summed E-state index contributed by atoms with van der Waals surface area (Å²) in [6.07, 6.45) is 4.05. The molecule has 1 aromatic carbocycles. The Hall–Kier alpha value is -1.92. The summed E-state index contributed by atoms with van der Waals surface area (Å²) in [4.78, 5) is 14.9. The van der Waals surface area contributed by atoms with E-state index in [1.54, 1.807) is 18.5 Å². The first-order valence-electron chi connectivity index (χ1n) is 6.15. The van der Waals surface area contributed by atoms with Gasteiger partial charge in [0, 0.05) is 35.9 Å². The maximum atomic E-state index is 11.0. The molecule has 7 heteroatoms. The number of hydrogen-bond donors (Lipinski definition) is 1. The molecule has 0 aliphatic rings. The number of imidazole rings is 1. The minimum atomic E-state index is -0.409. The SMILES string of the molecule is CC(N)Cc1nccn1Cc1cc(Cl)ccc1[N+](=O)[O-]. The van der Waals surface area contributed by atoms with Crippen molar-refractivity contribution in [3.63, 3.8) is 0 Å². The lowest BCUT2D eigenvalue weighted by molar-refractivity contribution is -0.385. The average molecular weight is 295 g/mol. The molecule has 0 fully saturated rings. The largest absolute Gasteiger partial charge is 0.330 e. The molecule has 0 aliphatic heterocycles. The second-order valence-corrected chi connectivity index (χ2v) is 5.12. The second kappa shape index (κ2) is 6.02. The Morgan fingerprint density at radius 2 is 2.30 bits per heavy atom. The molecule has 0 spiro atoms. The Balaban J connectivity index is 2.32. The van der Waals surface area contributed by atoms with E-state index < -0.39 is 4.92 Å². The molecule has 2 aromatic rings. The van der Waals surface area contributed by atoms with E-state index in [1.165, 1.54) is 12.1 Å². The summed E-state index contributed by atoms with van der Waals surface area (Å²) in [5.74, 6) is 0.800. The number of nitrogens with two attached hydrogens (primary N) is 1. The van der Waals surface area contributed by atoms with Crippen LogP contribution in [0.3, 0.4) is 0 Å². The van der Waals surface area contributed by atoms with Crippen LogP contribution in [0.4, 0.5) is 5.69 Å². The third-order valence-corrected chi connectivity index (χ3v) is 3.12. The number of rotatable bonds is 5. The summed E-state index contributed by atoms with van der Waals surface area (Å²) in [7, 11) is 0. The smallest absolute Gasteiger partial charge is 0.274 e. The average Bonchev–Trinajstić information content (AvgIpc) is 2.75. The molecular formula is C13H15ClN4O2. The Kier molecular flexibility index (Phi) is 4.36. The highest BCUT2D eigenvalue weighted by Gasteiger charge is 2.15. The van der Waals surface area contributed by atoms with Gasteiger partial charge in [0.25, 0.3) is 5.69 Å². The van der Waals surface area contributed by atoms with Gasteiger partial charge in [-0.2, -0.15) is 0 Å². The van der Waals surface area contributed by atoms with Crippen LogP contribution < -0.4 is 5.73 Å². The third-order valence-electron chi connectivity index (χ3n) is 2.89. The van der Waals surface area contributed by atoms with Gasteiger partial charge in [-0.3, -0.25) is 10.1 Å². The predicted molar refractivity (Wildman–Crippen MR) is 76.8 cm³/mol. The van der Waals surface area contributed by atoms with Crippen molar-refractivity contribution in [2.45, 2.75) is 25.9 Å². The van der Waals surface area contributed by atoms with Crippen molar-refractivity contribution in [2.24, 2.45) is 5.73 Å². The number of aromatic nitrogens is 2. The molecule has 1 unspecified atom stereocenters. The summed E-state index contributed by atoms with van der Waals surface area (Å²) >= 11 is 5.92. The van der Waals surface area contributed by atoms with Gasteiger partial charge in [-0.05, 0) is 19.1 Å². The molecule has 0 amide bonds. The van der Waals surface area contributed by atoms with Crippen LogP contribution in [0.1, 0.15) is 18.3 Å². The van der Waals surface area contributed by atoms with Gasteiger partial charge in [0.15, 0.2) is 0 Å². The lowest BCUT2D eigenvalue weighted by Gasteiger charge is -2.10. The zero-order chi connectivity index (χ0) is 14.7. The Bertz CT molecular complexity index is 625. The van der Waals surface area contributed by atoms with Crippen LogP contribution >= 0.6 is 11.6 Å². The molecular weight excluding hydrogens is 280 g/mol. The summed E-state index contributed by atoms with van der Waals surface area (Å²) in [6, 6.07) is 4.51. The van der Waals surface area contributed by atoms with Gasteiger partial charge in [-0.25, -0.2) is 4.98 Å². The first-order valence-corrected chi connectivity index (χ1v) is 6.53. The van der Waals surface area contributed by atoms with E-state index in [-0.39, 0.29) is 11.7 Å². The van der Waals surface area contributed by atoms with Crippen molar-refractivity contribution in [2.75, 3.05) is 0 Å². The van der Waals surface area contributed by atoms with Gasteiger partial charge in [-0.1, -0.05) is 11.6 Å². The topological polar surface area (TPSA) is 87.0 Å². The van der Waals surface area contributed by atoms with Crippen molar-refractivity contribution in [1.29, 1.82) is 0 Å². The van der Waals surface area contributed by atoms with E-state index in [2.05, 4.69) is 4.98 Å². The first-order chi connectivity index (χ1) is 9.47. The van der Waals surface area contributed by atoms with Crippen LogP contribution in [-0.4, -0.2) is 20.5 Å². The highest BCUT2D eigenvalue weighted by atomic mass is 35.5. The van der Waals surface area contributed by atoms with Crippen LogP contribution in [0, 0.1) is 10.1 Å². The molecule has 0 saturated heterocycles. The molecule has 6 nitrogen and oxygen atoms in total. The van der Waals surface area contributed by atoms with E-state index in [0.29, 0.717) is 23.6 Å². The Labute approximate surface area is 121 Å². The highest BCUT2D eigenvalue weighted by molar-refractivity contribution is 6.30. The van der Waals surface area contributed by atoms with E-state index in [1.807, 2.05) is 11.5 Å². The molecule has 1 atom stereocenters. The van der Waals surface area contributed by atoms with Crippen LogP contribution in [0.15, 0.2) is 30.6 Å². The maximum Gasteiger partial charge on any atom is 0.274 e. The van der Waals surface area contributed by atoms with E-state index >= 15 is 0 Å². The molecule has 0 radical (unpaired) electrons. The fourth-order valence-corrected chi connectivity index (χ4v) is 2.20. The second-order valence-electron chi connectivity index (χ2n) is 4.68. The van der Waals surface area contributed by atoms with Gasteiger partial charge in [0.2, 0.25) is 0 Å². The minimum absolute atomic E-state index is 0.0227. The standard InChI is InChI=1S/C13H15ClN4O2/c1-9(15)6-13-16-4-5-17(13)8-10-7-11(14)2-3-12(10)18(19)20/h2-5,7,9H,6,8,15H2,1H3. The lowest BCUT2D eigenvalue weighted by Crippen LogP contribution is -2.20.